The lowest BCUT2D eigenvalue weighted by Crippen LogP contribution is -2.44. The number of hydrogen-bond donors (Lipinski definition) is 3. The minimum absolute atomic E-state index is 0.0194. The van der Waals surface area contributed by atoms with Crippen LogP contribution in [0.2, 0.25) is 0 Å². The molecule has 1 aliphatic heterocycles. The van der Waals surface area contributed by atoms with Gasteiger partial charge in [0.05, 0.1) is 17.3 Å². The zero-order valence-corrected chi connectivity index (χ0v) is 16.9. The summed E-state index contributed by atoms with van der Waals surface area (Å²) >= 11 is 0. The number of carbonyl (C=O) groups excluding carboxylic acids is 1. The SMILES string of the molecule is CC#CC(=O)N1CCC[C@@H](Nc2nc(Nc3cnn(CC(F)F)c3)nc3[nH]ccc23)C1. The third kappa shape index (κ3) is 4.91. The van der Waals surface area contributed by atoms with Gasteiger partial charge in [-0.15, -0.1) is 0 Å². The van der Waals surface area contributed by atoms with E-state index in [1.807, 2.05) is 6.07 Å². The minimum Gasteiger partial charge on any atom is -0.365 e. The molecule has 1 saturated heterocycles. The van der Waals surface area contributed by atoms with Crippen LogP contribution in [0.5, 0.6) is 0 Å². The van der Waals surface area contributed by atoms with Crippen molar-refractivity contribution in [3.8, 4) is 11.8 Å². The third-order valence-electron chi connectivity index (χ3n) is 4.91. The summed E-state index contributed by atoms with van der Waals surface area (Å²) in [6, 6.07) is 1.89. The van der Waals surface area contributed by atoms with Gasteiger partial charge in [-0.1, -0.05) is 5.92 Å². The Morgan fingerprint density at radius 2 is 2.29 bits per heavy atom. The zero-order valence-electron chi connectivity index (χ0n) is 16.9. The number of amides is 1. The Hall–Kier alpha value is -3.68. The number of fused-ring (bicyclic) bond motifs is 1. The van der Waals surface area contributed by atoms with E-state index < -0.39 is 13.0 Å². The number of hydrogen-bond acceptors (Lipinski definition) is 6. The first-order chi connectivity index (χ1) is 15.0. The van der Waals surface area contributed by atoms with Gasteiger partial charge in [0.2, 0.25) is 5.95 Å². The van der Waals surface area contributed by atoms with E-state index >= 15 is 0 Å². The molecule has 4 rings (SSSR count). The van der Waals surface area contributed by atoms with Gasteiger partial charge in [-0.25, -0.2) is 8.78 Å². The Labute approximate surface area is 177 Å². The van der Waals surface area contributed by atoms with Crippen molar-refractivity contribution in [2.45, 2.75) is 38.8 Å². The van der Waals surface area contributed by atoms with Gasteiger partial charge in [0.15, 0.2) is 0 Å². The molecule has 9 nitrogen and oxygen atoms in total. The highest BCUT2D eigenvalue weighted by Crippen LogP contribution is 2.25. The second-order valence-electron chi connectivity index (χ2n) is 7.21. The van der Waals surface area contributed by atoms with E-state index in [0.717, 1.165) is 22.9 Å². The molecule has 0 aromatic carbocycles. The molecule has 11 heteroatoms. The molecule has 0 saturated carbocycles. The number of aromatic amines is 1. The maximum atomic E-state index is 12.5. The summed E-state index contributed by atoms with van der Waals surface area (Å²) in [7, 11) is 0. The summed E-state index contributed by atoms with van der Waals surface area (Å²) in [5.41, 5.74) is 1.13. The molecule has 0 unspecified atom stereocenters. The maximum Gasteiger partial charge on any atom is 0.298 e. The standard InChI is InChI=1S/C20H22F2N8O/c1-2-4-17(31)29-8-3-5-13(10-29)25-19-15-6-7-23-18(15)27-20(28-19)26-14-9-24-30(11-14)12-16(21)22/h6-7,9,11,13,16H,3,5,8,10,12H2,1H3,(H3,23,25,26,27,28)/t13-/m1/s1. The van der Waals surface area contributed by atoms with Crippen LogP contribution in [0.15, 0.2) is 24.7 Å². The first-order valence-corrected chi connectivity index (χ1v) is 9.93. The normalized spacial score (nSPS) is 16.3. The lowest BCUT2D eigenvalue weighted by atomic mass is 10.1. The van der Waals surface area contributed by atoms with E-state index in [2.05, 4.69) is 42.5 Å². The smallest absolute Gasteiger partial charge is 0.298 e. The van der Waals surface area contributed by atoms with Crippen LogP contribution in [0.3, 0.4) is 0 Å². The molecule has 0 spiro atoms. The molecule has 0 aliphatic carbocycles. The van der Waals surface area contributed by atoms with Gasteiger partial charge in [0.1, 0.15) is 18.0 Å². The van der Waals surface area contributed by atoms with Crippen molar-refractivity contribution >= 4 is 34.4 Å². The Kier molecular flexibility index (Phi) is 5.97. The molecule has 0 radical (unpaired) electrons. The molecule has 4 heterocycles. The van der Waals surface area contributed by atoms with Gasteiger partial charge >= 0.3 is 0 Å². The van der Waals surface area contributed by atoms with Gasteiger partial charge in [0, 0.05) is 31.5 Å². The average Bonchev–Trinajstić information content (AvgIpc) is 3.37. The number of H-pyrrole nitrogens is 1. The molecule has 1 amide bonds. The predicted molar refractivity (Wildman–Crippen MR) is 112 cm³/mol. The summed E-state index contributed by atoms with van der Waals surface area (Å²) in [5, 5.41) is 11.2. The second-order valence-corrected chi connectivity index (χ2v) is 7.21. The number of anilines is 3. The van der Waals surface area contributed by atoms with Crippen molar-refractivity contribution in [3.63, 3.8) is 0 Å². The first kappa shape index (κ1) is 20.6. The number of halogens is 2. The lowest BCUT2D eigenvalue weighted by molar-refractivity contribution is -0.126. The number of likely N-dealkylation sites (tertiary alicyclic amines) is 1. The summed E-state index contributed by atoms with van der Waals surface area (Å²) < 4.78 is 26.2. The van der Waals surface area contributed by atoms with Gasteiger partial charge < -0.3 is 20.5 Å². The summed E-state index contributed by atoms with van der Waals surface area (Å²) in [4.78, 5) is 25.9. The molecule has 162 valence electrons. The number of nitrogens with one attached hydrogen (secondary N) is 3. The summed E-state index contributed by atoms with van der Waals surface area (Å²) in [6.45, 7) is 2.38. The fraction of sp³-hybridized carbons (Fsp3) is 0.400. The molecule has 0 bridgehead atoms. The van der Waals surface area contributed by atoms with Crippen LogP contribution in [0, 0.1) is 11.8 Å². The summed E-state index contributed by atoms with van der Waals surface area (Å²) in [6.07, 6.45) is 3.95. The number of piperidine rings is 1. The molecule has 31 heavy (non-hydrogen) atoms. The number of nitrogens with zero attached hydrogens (tertiary/aromatic N) is 5. The fourth-order valence-electron chi connectivity index (χ4n) is 3.56. The summed E-state index contributed by atoms with van der Waals surface area (Å²) in [5.74, 6) is 5.98. The Morgan fingerprint density at radius 3 is 3.10 bits per heavy atom. The topological polar surface area (TPSA) is 104 Å². The highest BCUT2D eigenvalue weighted by molar-refractivity contribution is 5.93. The highest BCUT2D eigenvalue weighted by atomic mass is 19.3. The molecular weight excluding hydrogens is 406 g/mol. The second kappa shape index (κ2) is 8.99. The van der Waals surface area contributed by atoms with E-state index in [0.29, 0.717) is 36.2 Å². The van der Waals surface area contributed by atoms with E-state index in [4.69, 9.17) is 0 Å². The van der Waals surface area contributed by atoms with E-state index in [1.54, 1.807) is 18.0 Å². The molecule has 3 aromatic heterocycles. The monoisotopic (exact) mass is 428 g/mol. The highest BCUT2D eigenvalue weighted by Gasteiger charge is 2.24. The van der Waals surface area contributed by atoms with Crippen molar-refractivity contribution in [2.24, 2.45) is 0 Å². The quantitative estimate of drug-likeness (QED) is 0.522. The van der Waals surface area contributed by atoms with Gasteiger partial charge in [0.25, 0.3) is 12.3 Å². The molecule has 3 aromatic rings. The van der Waals surface area contributed by atoms with Crippen LogP contribution in [0.1, 0.15) is 19.8 Å². The van der Waals surface area contributed by atoms with Gasteiger partial charge in [-0.3, -0.25) is 9.48 Å². The fourth-order valence-corrected chi connectivity index (χ4v) is 3.56. The number of aromatic nitrogens is 5. The Morgan fingerprint density at radius 1 is 1.42 bits per heavy atom. The van der Waals surface area contributed by atoms with E-state index in [9.17, 15) is 13.6 Å². The predicted octanol–water partition coefficient (Wildman–Crippen LogP) is 2.59. The Bertz CT molecular complexity index is 1130. The van der Waals surface area contributed by atoms with Crippen molar-refractivity contribution in [1.82, 2.24) is 29.6 Å². The molecule has 1 fully saturated rings. The van der Waals surface area contributed by atoms with Crippen LogP contribution in [-0.2, 0) is 11.3 Å². The third-order valence-corrected chi connectivity index (χ3v) is 4.91. The average molecular weight is 428 g/mol. The number of carbonyl (C=O) groups is 1. The minimum atomic E-state index is -2.49. The van der Waals surface area contributed by atoms with Crippen molar-refractivity contribution in [1.29, 1.82) is 0 Å². The molecular formula is C20H22F2N8O. The maximum absolute atomic E-state index is 12.5. The van der Waals surface area contributed by atoms with E-state index in [-0.39, 0.29) is 11.9 Å². The first-order valence-electron chi connectivity index (χ1n) is 9.93. The molecule has 1 atom stereocenters. The largest absolute Gasteiger partial charge is 0.365 e. The van der Waals surface area contributed by atoms with Crippen LogP contribution >= 0.6 is 0 Å². The molecule has 3 N–H and O–H groups in total. The Balaban J connectivity index is 1.52. The van der Waals surface area contributed by atoms with Gasteiger partial charge in [-0.05, 0) is 31.8 Å². The van der Waals surface area contributed by atoms with Crippen LogP contribution in [0.25, 0.3) is 11.0 Å². The number of alkyl halides is 2. The van der Waals surface area contributed by atoms with Crippen molar-refractivity contribution in [3.05, 3.63) is 24.7 Å². The zero-order chi connectivity index (χ0) is 21.8. The van der Waals surface area contributed by atoms with E-state index in [1.165, 1.54) is 12.4 Å². The van der Waals surface area contributed by atoms with Crippen LogP contribution in [0.4, 0.5) is 26.2 Å². The van der Waals surface area contributed by atoms with Crippen molar-refractivity contribution < 1.29 is 13.6 Å². The number of rotatable bonds is 6. The lowest BCUT2D eigenvalue weighted by Gasteiger charge is -2.32. The van der Waals surface area contributed by atoms with Crippen molar-refractivity contribution in [2.75, 3.05) is 23.7 Å². The van der Waals surface area contributed by atoms with Crippen LogP contribution in [-0.4, -0.2) is 61.1 Å². The molecule has 1 aliphatic rings. The van der Waals surface area contributed by atoms with Crippen LogP contribution < -0.4 is 10.6 Å². The van der Waals surface area contributed by atoms with Gasteiger partial charge in [-0.2, -0.15) is 15.1 Å².